The number of amides is 3. The molecule has 2 N–H and O–H groups in total. The van der Waals surface area contributed by atoms with Crippen LogP contribution in [0.2, 0.25) is 0 Å². The standard InChI is InChI=1S/C30H33F2N5O5/c31-22-14-21-24(15-23(22)32)33-19-36(26(21)38)18-30(42)10-11-35(17-29(30)8-4-5-9-29)27(39)37-13-12-34(28(40)41)16-25(37)20-6-2-1-3-7-20/h1-3,6-7,14-15,19,25,42H,4-5,8-13,16-18H2,(H,40,41)/t25-,30?/m0/s1. The minimum atomic E-state index is -1.33. The second kappa shape index (κ2) is 10.6. The Kier molecular flexibility index (Phi) is 7.12. The Labute approximate surface area is 240 Å². The van der Waals surface area contributed by atoms with Gasteiger partial charge >= 0.3 is 12.1 Å². The summed E-state index contributed by atoms with van der Waals surface area (Å²) in [5.74, 6) is -2.23. The predicted octanol–water partition coefficient (Wildman–Crippen LogP) is 3.83. The van der Waals surface area contributed by atoms with Gasteiger partial charge in [0.2, 0.25) is 0 Å². The lowest BCUT2D eigenvalue weighted by Crippen LogP contribution is -2.64. The van der Waals surface area contributed by atoms with Gasteiger partial charge in [-0.2, -0.15) is 0 Å². The molecule has 0 bridgehead atoms. The maximum Gasteiger partial charge on any atom is 0.407 e. The van der Waals surface area contributed by atoms with Gasteiger partial charge in [-0.05, 0) is 30.9 Å². The molecule has 42 heavy (non-hydrogen) atoms. The van der Waals surface area contributed by atoms with Gasteiger partial charge in [0.15, 0.2) is 11.6 Å². The number of carboxylic acid groups (broad SMARTS) is 1. The van der Waals surface area contributed by atoms with Gasteiger partial charge < -0.3 is 24.9 Å². The van der Waals surface area contributed by atoms with Gasteiger partial charge in [-0.25, -0.2) is 23.4 Å². The van der Waals surface area contributed by atoms with E-state index in [4.69, 9.17) is 0 Å². The fourth-order valence-corrected chi connectivity index (χ4v) is 7.14. The topological polar surface area (TPSA) is 119 Å². The molecule has 3 amide bonds. The van der Waals surface area contributed by atoms with Crippen molar-refractivity contribution < 1.29 is 28.6 Å². The maximum absolute atomic E-state index is 14.1. The van der Waals surface area contributed by atoms with Crippen LogP contribution in [0.25, 0.3) is 10.9 Å². The van der Waals surface area contributed by atoms with E-state index in [2.05, 4.69) is 4.98 Å². The molecule has 3 heterocycles. The van der Waals surface area contributed by atoms with Gasteiger partial charge in [0.25, 0.3) is 5.56 Å². The summed E-state index contributed by atoms with van der Waals surface area (Å²) in [6, 6.07) is 10.4. The Morgan fingerprint density at radius 1 is 0.976 bits per heavy atom. The summed E-state index contributed by atoms with van der Waals surface area (Å²) in [4.78, 5) is 48.0. The van der Waals surface area contributed by atoms with E-state index in [0.717, 1.165) is 30.5 Å². The molecule has 12 heteroatoms. The molecule has 3 aromatic rings. The third-order valence-electron chi connectivity index (χ3n) is 9.49. The first kappa shape index (κ1) is 28.1. The number of piperidine rings is 1. The van der Waals surface area contributed by atoms with Crippen molar-refractivity contribution in [2.45, 2.75) is 50.3 Å². The number of fused-ring (bicyclic) bond motifs is 1. The van der Waals surface area contributed by atoms with Crippen LogP contribution in [0.3, 0.4) is 0 Å². The largest absolute Gasteiger partial charge is 0.465 e. The van der Waals surface area contributed by atoms with E-state index in [1.54, 1.807) is 9.80 Å². The Morgan fingerprint density at radius 3 is 2.40 bits per heavy atom. The average molecular weight is 582 g/mol. The summed E-state index contributed by atoms with van der Waals surface area (Å²) in [6.45, 7) is 1.06. The number of carbonyl (C=O) groups excluding carboxylic acids is 1. The summed E-state index contributed by atoms with van der Waals surface area (Å²) in [5, 5.41) is 21.7. The minimum Gasteiger partial charge on any atom is -0.465 e. The number of hydrogen-bond donors (Lipinski definition) is 2. The lowest BCUT2D eigenvalue weighted by Gasteiger charge is -2.53. The van der Waals surface area contributed by atoms with Crippen molar-refractivity contribution in [1.82, 2.24) is 24.3 Å². The van der Waals surface area contributed by atoms with Crippen molar-refractivity contribution in [1.29, 1.82) is 0 Å². The maximum atomic E-state index is 14.1. The molecular formula is C30H33F2N5O5. The molecule has 1 spiro atoms. The molecule has 3 fully saturated rings. The first-order valence-electron chi connectivity index (χ1n) is 14.3. The van der Waals surface area contributed by atoms with Crippen LogP contribution in [-0.4, -0.2) is 84.9 Å². The zero-order valence-electron chi connectivity index (χ0n) is 23.1. The molecule has 1 saturated carbocycles. The van der Waals surface area contributed by atoms with Crippen molar-refractivity contribution in [3.8, 4) is 0 Å². The number of piperazine rings is 1. The zero-order valence-corrected chi connectivity index (χ0v) is 23.1. The first-order chi connectivity index (χ1) is 20.1. The number of urea groups is 1. The SMILES string of the molecule is O=C(O)N1CCN(C(=O)N2CCC(O)(Cn3cnc4cc(F)c(F)cc4c3=O)C3(CCCC3)C2)[C@H](c2ccccc2)C1. The van der Waals surface area contributed by atoms with Gasteiger partial charge in [-0.15, -0.1) is 0 Å². The second-order valence-electron chi connectivity index (χ2n) is 11.8. The van der Waals surface area contributed by atoms with Crippen LogP contribution in [0.1, 0.15) is 43.7 Å². The van der Waals surface area contributed by atoms with Crippen molar-refractivity contribution in [2.24, 2.45) is 5.41 Å². The number of aromatic nitrogens is 2. The van der Waals surface area contributed by atoms with E-state index in [0.29, 0.717) is 19.4 Å². The number of likely N-dealkylation sites (tertiary alicyclic amines) is 1. The van der Waals surface area contributed by atoms with E-state index < -0.39 is 40.3 Å². The Bertz CT molecular complexity index is 1580. The van der Waals surface area contributed by atoms with Crippen molar-refractivity contribution in [2.75, 3.05) is 32.7 Å². The Morgan fingerprint density at radius 2 is 1.69 bits per heavy atom. The minimum absolute atomic E-state index is 0.0362. The van der Waals surface area contributed by atoms with Gasteiger partial charge in [0.05, 0.1) is 35.4 Å². The summed E-state index contributed by atoms with van der Waals surface area (Å²) in [5.41, 5.74) is -1.69. The highest BCUT2D eigenvalue weighted by Crippen LogP contribution is 2.52. The highest BCUT2D eigenvalue weighted by atomic mass is 19.2. The number of rotatable bonds is 3. The number of aliphatic hydroxyl groups is 1. The summed E-state index contributed by atoms with van der Waals surface area (Å²) in [7, 11) is 0. The molecule has 1 aromatic heterocycles. The monoisotopic (exact) mass is 581 g/mol. The third-order valence-corrected chi connectivity index (χ3v) is 9.49. The molecule has 3 aliphatic rings. The van der Waals surface area contributed by atoms with E-state index in [-0.39, 0.29) is 56.1 Å². The van der Waals surface area contributed by atoms with E-state index in [9.17, 15) is 33.4 Å². The fourth-order valence-electron chi connectivity index (χ4n) is 7.14. The summed E-state index contributed by atoms with van der Waals surface area (Å²) >= 11 is 0. The number of halogens is 2. The van der Waals surface area contributed by atoms with Gasteiger partial charge in [0, 0.05) is 44.2 Å². The van der Waals surface area contributed by atoms with Gasteiger partial charge in [0.1, 0.15) is 0 Å². The van der Waals surface area contributed by atoms with Gasteiger partial charge in [-0.1, -0.05) is 43.2 Å². The predicted molar refractivity (Wildman–Crippen MR) is 149 cm³/mol. The smallest absolute Gasteiger partial charge is 0.407 e. The number of carbonyl (C=O) groups is 2. The van der Waals surface area contributed by atoms with E-state index >= 15 is 0 Å². The van der Waals surface area contributed by atoms with E-state index in [1.165, 1.54) is 15.8 Å². The molecule has 2 atom stereocenters. The number of nitrogens with zero attached hydrogens (tertiary/aromatic N) is 5. The molecule has 1 aliphatic carbocycles. The lowest BCUT2D eigenvalue weighted by molar-refractivity contribution is -0.137. The quantitative estimate of drug-likeness (QED) is 0.486. The normalized spacial score (nSPS) is 24.0. The van der Waals surface area contributed by atoms with Gasteiger partial charge in [-0.3, -0.25) is 9.36 Å². The average Bonchev–Trinajstić information content (AvgIpc) is 3.47. The number of benzene rings is 2. The summed E-state index contributed by atoms with van der Waals surface area (Å²) in [6.07, 6.45) is 3.50. The summed E-state index contributed by atoms with van der Waals surface area (Å²) < 4.78 is 28.9. The van der Waals surface area contributed by atoms with Crippen LogP contribution in [0.15, 0.2) is 53.6 Å². The first-order valence-corrected chi connectivity index (χ1v) is 14.3. The van der Waals surface area contributed by atoms with Crippen LogP contribution in [0.4, 0.5) is 18.4 Å². The van der Waals surface area contributed by atoms with Crippen LogP contribution < -0.4 is 5.56 Å². The molecule has 1 unspecified atom stereocenters. The Hall–Kier alpha value is -4.06. The Balaban J connectivity index is 1.27. The second-order valence-corrected chi connectivity index (χ2v) is 11.8. The van der Waals surface area contributed by atoms with Crippen LogP contribution in [0.5, 0.6) is 0 Å². The molecule has 6 rings (SSSR count). The highest BCUT2D eigenvalue weighted by molar-refractivity contribution is 5.77. The van der Waals surface area contributed by atoms with Crippen LogP contribution >= 0.6 is 0 Å². The van der Waals surface area contributed by atoms with Crippen molar-refractivity contribution in [3.63, 3.8) is 0 Å². The highest BCUT2D eigenvalue weighted by Gasteiger charge is 2.56. The fraction of sp³-hybridized carbons (Fsp3) is 0.467. The van der Waals surface area contributed by atoms with Crippen LogP contribution in [0, 0.1) is 17.0 Å². The van der Waals surface area contributed by atoms with Crippen LogP contribution in [-0.2, 0) is 6.54 Å². The van der Waals surface area contributed by atoms with Crippen molar-refractivity contribution in [3.05, 3.63) is 76.3 Å². The lowest BCUT2D eigenvalue weighted by atomic mass is 9.66. The molecule has 222 valence electrons. The molecule has 2 saturated heterocycles. The molecule has 2 aromatic carbocycles. The number of hydrogen-bond acceptors (Lipinski definition) is 5. The molecule has 0 radical (unpaired) electrons. The van der Waals surface area contributed by atoms with Crippen molar-refractivity contribution >= 4 is 23.0 Å². The molecule has 10 nitrogen and oxygen atoms in total. The molecule has 2 aliphatic heterocycles. The third kappa shape index (κ3) is 4.77. The van der Waals surface area contributed by atoms with E-state index in [1.807, 2.05) is 30.3 Å². The molecular weight excluding hydrogens is 548 g/mol. The zero-order chi connectivity index (χ0) is 29.6.